The van der Waals surface area contributed by atoms with Gasteiger partial charge in [0, 0.05) is 12.6 Å². The van der Waals surface area contributed by atoms with Gasteiger partial charge in [-0.25, -0.2) is 9.59 Å². The molecular formula is C14H21N3O3. The van der Waals surface area contributed by atoms with E-state index in [1.807, 2.05) is 25.9 Å². The Morgan fingerprint density at radius 2 is 1.85 bits per heavy atom. The smallest absolute Gasteiger partial charge is 0.330 e. The van der Waals surface area contributed by atoms with Gasteiger partial charge in [-0.05, 0) is 26.6 Å². The topological polar surface area (TPSA) is 81.7 Å². The molecule has 0 radical (unpaired) electrons. The van der Waals surface area contributed by atoms with Gasteiger partial charge in [-0.2, -0.15) is 0 Å². The summed E-state index contributed by atoms with van der Waals surface area (Å²) < 4.78 is 0. The second kappa shape index (κ2) is 7.49. The molecule has 1 aromatic rings. The van der Waals surface area contributed by atoms with E-state index < -0.39 is 18.0 Å². The largest absolute Gasteiger partial charge is 0.479 e. The van der Waals surface area contributed by atoms with Crippen molar-refractivity contribution in [2.24, 2.45) is 0 Å². The van der Waals surface area contributed by atoms with Crippen molar-refractivity contribution in [3.63, 3.8) is 0 Å². The number of benzene rings is 1. The number of likely N-dealkylation sites (N-methyl/N-ethyl adjacent to an activating group) is 1. The summed E-state index contributed by atoms with van der Waals surface area (Å²) in [6, 6.07) is 7.23. The first-order valence-corrected chi connectivity index (χ1v) is 6.40. The molecule has 2 amide bonds. The Kier molecular flexibility index (Phi) is 5.99. The van der Waals surface area contributed by atoms with Crippen molar-refractivity contribution in [1.82, 2.24) is 15.5 Å². The van der Waals surface area contributed by atoms with Crippen molar-refractivity contribution in [3.8, 4) is 0 Å². The molecule has 3 N–H and O–H groups in total. The quantitative estimate of drug-likeness (QED) is 0.727. The molecule has 110 valence electrons. The lowest BCUT2D eigenvalue weighted by Crippen LogP contribution is -2.45. The zero-order chi connectivity index (χ0) is 15.1. The molecule has 6 heteroatoms. The minimum atomic E-state index is -1.09. The molecule has 0 aromatic heterocycles. The maximum absolute atomic E-state index is 11.8. The second-order valence-electron chi connectivity index (χ2n) is 4.85. The first-order chi connectivity index (χ1) is 9.41. The van der Waals surface area contributed by atoms with Gasteiger partial charge in [0.2, 0.25) is 0 Å². The number of nitrogens with one attached hydrogen (secondary N) is 2. The number of aliphatic carboxylic acids is 1. The van der Waals surface area contributed by atoms with Gasteiger partial charge in [0.25, 0.3) is 0 Å². The van der Waals surface area contributed by atoms with E-state index in [0.717, 1.165) is 0 Å². The lowest BCUT2D eigenvalue weighted by atomic mass is 10.1. The van der Waals surface area contributed by atoms with E-state index in [4.69, 9.17) is 0 Å². The molecule has 0 aliphatic carbocycles. The summed E-state index contributed by atoms with van der Waals surface area (Å²) >= 11 is 0. The molecule has 0 saturated heterocycles. The van der Waals surface area contributed by atoms with Gasteiger partial charge in [0.15, 0.2) is 6.04 Å². The predicted molar refractivity (Wildman–Crippen MR) is 76.5 cm³/mol. The average Bonchev–Trinajstić information content (AvgIpc) is 2.42. The zero-order valence-electron chi connectivity index (χ0n) is 12.0. The van der Waals surface area contributed by atoms with Crippen LogP contribution in [-0.4, -0.2) is 48.7 Å². The summed E-state index contributed by atoms with van der Waals surface area (Å²) in [6.45, 7) is 2.41. The number of urea groups is 1. The van der Waals surface area contributed by atoms with Crippen LogP contribution in [0.25, 0.3) is 0 Å². The SMILES string of the molecule is CC(CNC(=O)N[C@H](C(=O)O)c1ccccc1)N(C)C. The Hall–Kier alpha value is -2.08. The minimum absolute atomic E-state index is 0.167. The zero-order valence-corrected chi connectivity index (χ0v) is 12.0. The minimum Gasteiger partial charge on any atom is -0.479 e. The van der Waals surface area contributed by atoms with E-state index in [9.17, 15) is 14.7 Å². The van der Waals surface area contributed by atoms with Crippen LogP contribution in [0.1, 0.15) is 18.5 Å². The van der Waals surface area contributed by atoms with Crippen molar-refractivity contribution < 1.29 is 14.7 Å². The van der Waals surface area contributed by atoms with Crippen LogP contribution in [0.5, 0.6) is 0 Å². The third kappa shape index (κ3) is 4.89. The number of carbonyl (C=O) groups is 2. The van der Waals surface area contributed by atoms with Crippen molar-refractivity contribution in [2.45, 2.75) is 19.0 Å². The van der Waals surface area contributed by atoms with E-state index in [1.54, 1.807) is 30.3 Å². The molecule has 0 aliphatic heterocycles. The molecule has 1 rings (SSSR count). The van der Waals surface area contributed by atoms with Crippen molar-refractivity contribution >= 4 is 12.0 Å². The number of carbonyl (C=O) groups excluding carboxylic acids is 1. The average molecular weight is 279 g/mol. The van der Waals surface area contributed by atoms with Crippen LogP contribution >= 0.6 is 0 Å². The number of carboxylic acids is 1. The summed E-state index contributed by atoms with van der Waals surface area (Å²) in [5.41, 5.74) is 0.538. The fourth-order valence-corrected chi connectivity index (χ4v) is 1.54. The number of carboxylic acid groups (broad SMARTS) is 1. The maximum atomic E-state index is 11.8. The Bertz CT molecular complexity index is 448. The number of hydrogen-bond donors (Lipinski definition) is 3. The molecule has 0 spiro atoms. The number of hydrogen-bond acceptors (Lipinski definition) is 3. The first kappa shape index (κ1) is 16.0. The normalized spacial score (nSPS) is 13.6. The monoisotopic (exact) mass is 279 g/mol. The highest BCUT2D eigenvalue weighted by Gasteiger charge is 2.21. The molecule has 1 unspecified atom stereocenters. The summed E-state index contributed by atoms with van der Waals surface area (Å²) in [5, 5.41) is 14.3. The molecular weight excluding hydrogens is 258 g/mol. The van der Waals surface area contributed by atoms with E-state index in [2.05, 4.69) is 10.6 Å². The van der Waals surface area contributed by atoms with Crippen LogP contribution in [-0.2, 0) is 4.79 Å². The second-order valence-corrected chi connectivity index (χ2v) is 4.85. The highest BCUT2D eigenvalue weighted by molar-refractivity contribution is 5.83. The van der Waals surface area contributed by atoms with Crippen LogP contribution in [0.3, 0.4) is 0 Å². The molecule has 0 bridgehead atoms. The summed E-state index contributed by atoms with van der Waals surface area (Å²) in [4.78, 5) is 24.9. The van der Waals surface area contributed by atoms with Crippen LogP contribution in [0.2, 0.25) is 0 Å². The molecule has 0 fully saturated rings. The van der Waals surface area contributed by atoms with Gasteiger partial charge in [-0.15, -0.1) is 0 Å². The number of nitrogens with zero attached hydrogens (tertiary/aromatic N) is 1. The molecule has 6 nitrogen and oxygen atoms in total. The number of amides is 2. The fraction of sp³-hybridized carbons (Fsp3) is 0.429. The van der Waals surface area contributed by atoms with E-state index in [-0.39, 0.29) is 6.04 Å². The molecule has 1 aromatic carbocycles. The van der Waals surface area contributed by atoms with E-state index in [1.165, 1.54) is 0 Å². The Morgan fingerprint density at radius 1 is 1.25 bits per heavy atom. The summed E-state index contributed by atoms with van der Waals surface area (Å²) in [5.74, 6) is -1.09. The van der Waals surface area contributed by atoms with Crippen molar-refractivity contribution in [2.75, 3.05) is 20.6 Å². The Balaban J connectivity index is 2.59. The van der Waals surface area contributed by atoms with Gasteiger partial charge in [-0.3, -0.25) is 0 Å². The lowest BCUT2D eigenvalue weighted by Gasteiger charge is -2.21. The van der Waals surface area contributed by atoms with Gasteiger partial charge < -0.3 is 20.6 Å². The molecule has 0 aliphatic rings. The van der Waals surface area contributed by atoms with Gasteiger partial charge in [0.1, 0.15) is 0 Å². The Labute approximate surface area is 118 Å². The molecule has 2 atom stereocenters. The molecule has 0 saturated carbocycles. The standard InChI is InChI=1S/C14H21N3O3/c1-10(17(2)3)9-15-14(20)16-12(13(18)19)11-7-5-4-6-8-11/h4-8,10,12H,9H2,1-3H3,(H,18,19)(H2,15,16,20)/t10?,12-/m0/s1. The summed E-state index contributed by atoms with van der Waals surface area (Å²) in [6.07, 6.45) is 0. The highest BCUT2D eigenvalue weighted by atomic mass is 16.4. The maximum Gasteiger partial charge on any atom is 0.330 e. The summed E-state index contributed by atoms with van der Waals surface area (Å²) in [7, 11) is 3.82. The van der Waals surface area contributed by atoms with Gasteiger partial charge in [-0.1, -0.05) is 30.3 Å². The number of rotatable bonds is 6. The fourth-order valence-electron chi connectivity index (χ4n) is 1.54. The highest BCUT2D eigenvalue weighted by Crippen LogP contribution is 2.12. The van der Waals surface area contributed by atoms with Gasteiger partial charge in [0.05, 0.1) is 0 Å². The molecule has 0 heterocycles. The Morgan fingerprint density at radius 3 is 2.35 bits per heavy atom. The van der Waals surface area contributed by atoms with Crippen LogP contribution in [0, 0.1) is 0 Å². The molecule has 20 heavy (non-hydrogen) atoms. The third-order valence-electron chi connectivity index (χ3n) is 3.09. The lowest BCUT2D eigenvalue weighted by molar-refractivity contribution is -0.139. The van der Waals surface area contributed by atoms with E-state index in [0.29, 0.717) is 12.1 Å². The third-order valence-corrected chi connectivity index (χ3v) is 3.09. The van der Waals surface area contributed by atoms with Crippen molar-refractivity contribution in [3.05, 3.63) is 35.9 Å². The first-order valence-electron chi connectivity index (χ1n) is 6.40. The van der Waals surface area contributed by atoms with Crippen LogP contribution in [0.4, 0.5) is 4.79 Å². The van der Waals surface area contributed by atoms with Crippen LogP contribution in [0.15, 0.2) is 30.3 Å². The van der Waals surface area contributed by atoms with Crippen LogP contribution < -0.4 is 10.6 Å². The van der Waals surface area contributed by atoms with Gasteiger partial charge >= 0.3 is 12.0 Å². The van der Waals surface area contributed by atoms with Crippen molar-refractivity contribution in [1.29, 1.82) is 0 Å². The van der Waals surface area contributed by atoms with E-state index >= 15 is 0 Å². The predicted octanol–water partition coefficient (Wildman–Crippen LogP) is 1.06.